The molecule has 0 aliphatic carbocycles. The predicted molar refractivity (Wildman–Crippen MR) is 97.1 cm³/mol. The second-order valence-electron chi connectivity index (χ2n) is 7.31. The fourth-order valence-corrected chi connectivity index (χ4v) is 3.99. The third-order valence-corrected chi connectivity index (χ3v) is 5.33. The number of hydrogen-bond donors (Lipinski definition) is 1. The smallest absolute Gasteiger partial charge is 0.227 e. The second kappa shape index (κ2) is 8.29. The van der Waals surface area contributed by atoms with Gasteiger partial charge in [-0.1, -0.05) is 0 Å². The minimum atomic E-state index is 0.469. The van der Waals surface area contributed by atoms with Crippen LogP contribution in [0.4, 0.5) is 11.8 Å². The van der Waals surface area contributed by atoms with Crippen LogP contribution in [0.3, 0.4) is 0 Å². The summed E-state index contributed by atoms with van der Waals surface area (Å²) >= 11 is 0. The Kier molecular flexibility index (Phi) is 5.64. The van der Waals surface area contributed by atoms with Gasteiger partial charge in [0.15, 0.2) is 0 Å². The van der Waals surface area contributed by atoms with Crippen LogP contribution in [0.2, 0.25) is 0 Å². The summed E-state index contributed by atoms with van der Waals surface area (Å²) < 4.78 is 11.0. The standard InChI is InChI=1S/C18H29N5O2/c1-2-15(14-25-9-1)12-22-6-4-16(13-22)20-17-3-5-19-18(21-17)23-7-10-24-11-8-23/h3,5,15-16H,1-2,4,6-14H2,(H,19,20,21). The molecule has 3 saturated heterocycles. The molecule has 138 valence electrons. The van der Waals surface area contributed by atoms with Crippen molar-refractivity contribution in [2.75, 3.05) is 69.4 Å². The van der Waals surface area contributed by atoms with Crippen LogP contribution in [-0.4, -0.2) is 80.1 Å². The van der Waals surface area contributed by atoms with Gasteiger partial charge in [0.05, 0.1) is 19.8 Å². The summed E-state index contributed by atoms with van der Waals surface area (Å²) in [5, 5.41) is 3.61. The molecule has 1 N–H and O–H groups in total. The Morgan fingerprint density at radius 1 is 1.12 bits per heavy atom. The van der Waals surface area contributed by atoms with Crippen molar-refractivity contribution < 1.29 is 9.47 Å². The molecule has 3 aliphatic heterocycles. The molecule has 3 aliphatic rings. The zero-order valence-electron chi connectivity index (χ0n) is 14.9. The molecule has 2 unspecified atom stereocenters. The number of hydrogen-bond acceptors (Lipinski definition) is 7. The maximum Gasteiger partial charge on any atom is 0.227 e. The lowest BCUT2D eigenvalue weighted by molar-refractivity contribution is 0.0417. The molecule has 4 heterocycles. The highest BCUT2D eigenvalue weighted by Gasteiger charge is 2.26. The number of likely N-dealkylation sites (tertiary alicyclic amines) is 1. The molecule has 0 saturated carbocycles. The zero-order chi connectivity index (χ0) is 16.9. The quantitative estimate of drug-likeness (QED) is 0.859. The minimum absolute atomic E-state index is 0.469. The Morgan fingerprint density at radius 2 is 2.04 bits per heavy atom. The lowest BCUT2D eigenvalue weighted by Crippen LogP contribution is -2.37. The van der Waals surface area contributed by atoms with Gasteiger partial charge in [0.2, 0.25) is 5.95 Å². The van der Waals surface area contributed by atoms with E-state index in [9.17, 15) is 0 Å². The lowest BCUT2D eigenvalue weighted by Gasteiger charge is -2.27. The molecule has 1 aromatic heterocycles. The van der Waals surface area contributed by atoms with Crippen molar-refractivity contribution in [2.45, 2.75) is 25.3 Å². The number of nitrogens with zero attached hydrogens (tertiary/aromatic N) is 4. The minimum Gasteiger partial charge on any atom is -0.381 e. The Balaban J connectivity index is 1.29. The van der Waals surface area contributed by atoms with Gasteiger partial charge in [-0.05, 0) is 31.2 Å². The SMILES string of the molecule is c1cc(NC2CCN(CC3CCCOC3)C2)nc(N2CCOCC2)n1. The largest absolute Gasteiger partial charge is 0.381 e. The van der Waals surface area contributed by atoms with Gasteiger partial charge >= 0.3 is 0 Å². The van der Waals surface area contributed by atoms with E-state index in [1.54, 1.807) is 0 Å². The maximum absolute atomic E-state index is 5.61. The molecule has 7 heteroatoms. The summed E-state index contributed by atoms with van der Waals surface area (Å²) in [5.74, 6) is 2.45. The van der Waals surface area contributed by atoms with Crippen molar-refractivity contribution in [1.82, 2.24) is 14.9 Å². The molecule has 0 spiro atoms. The van der Waals surface area contributed by atoms with Crippen molar-refractivity contribution in [1.29, 1.82) is 0 Å². The molecule has 0 aromatic carbocycles. The third kappa shape index (κ3) is 4.59. The van der Waals surface area contributed by atoms with Gasteiger partial charge in [-0.15, -0.1) is 0 Å². The van der Waals surface area contributed by atoms with Gasteiger partial charge in [-0.25, -0.2) is 4.98 Å². The van der Waals surface area contributed by atoms with Crippen LogP contribution in [-0.2, 0) is 9.47 Å². The van der Waals surface area contributed by atoms with E-state index < -0.39 is 0 Å². The molecular weight excluding hydrogens is 318 g/mol. The fraction of sp³-hybridized carbons (Fsp3) is 0.778. The molecule has 25 heavy (non-hydrogen) atoms. The number of morpholine rings is 1. The van der Waals surface area contributed by atoms with Crippen LogP contribution in [0.1, 0.15) is 19.3 Å². The van der Waals surface area contributed by atoms with Crippen molar-refractivity contribution in [3.8, 4) is 0 Å². The Morgan fingerprint density at radius 3 is 2.88 bits per heavy atom. The van der Waals surface area contributed by atoms with Crippen LogP contribution < -0.4 is 10.2 Å². The fourth-order valence-electron chi connectivity index (χ4n) is 3.99. The van der Waals surface area contributed by atoms with E-state index in [4.69, 9.17) is 14.5 Å². The zero-order valence-corrected chi connectivity index (χ0v) is 14.9. The highest BCUT2D eigenvalue weighted by Crippen LogP contribution is 2.20. The summed E-state index contributed by atoms with van der Waals surface area (Å²) in [5.41, 5.74) is 0. The van der Waals surface area contributed by atoms with E-state index in [1.165, 1.54) is 25.8 Å². The lowest BCUT2D eigenvalue weighted by atomic mass is 10.0. The molecule has 3 fully saturated rings. The number of anilines is 2. The average molecular weight is 347 g/mol. The van der Waals surface area contributed by atoms with Gasteiger partial charge < -0.3 is 24.6 Å². The van der Waals surface area contributed by atoms with Crippen LogP contribution in [0.5, 0.6) is 0 Å². The first-order chi connectivity index (χ1) is 12.4. The van der Waals surface area contributed by atoms with Crippen molar-refractivity contribution in [2.24, 2.45) is 5.92 Å². The van der Waals surface area contributed by atoms with Gasteiger partial charge in [0, 0.05) is 51.6 Å². The highest BCUT2D eigenvalue weighted by atomic mass is 16.5. The highest BCUT2D eigenvalue weighted by molar-refractivity contribution is 5.42. The summed E-state index contributed by atoms with van der Waals surface area (Å²) in [6.45, 7) is 8.54. The first-order valence-corrected chi connectivity index (χ1v) is 9.59. The topological polar surface area (TPSA) is 62.8 Å². The molecular formula is C18H29N5O2. The third-order valence-electron chi connectivity index (χ3n) is 5.33. The van der Waals surface area contributed by atoms with Crippen LogP contribution >= 0.6 is 0 Å². The molecule has 4 rings (SSSR count). The number of rotatable bonds is 5. The predicted octanol–water partition coefficient (Wildman–Crippen LogP) is 1.23. The molecule has 0 bridgehead atoms. The molecule has 7 nitrogen and oxygen atoms in total. The van der Waals surface area contributed by atoms with Crippen molar-refractivity contribution in [3.63, 3.8) is 0 Å². The summed E-state index contributed by atoms with van der Waals surface area (Å²) in [6.07, 6.45) is 5.55. The van der Waals surface area contributed by atoms with E-state index in [0.29, 0.717) is 12.0 Å². The monoisotopic (exact) mass is 347 g/mol. The molecule has 0 amide bonds. The van der Waals surface area contributed by atoms with E-state index in [-0.39, 0.29) is 0 Å². The summed E-state index contributed by atoms with van der Waals surface area (Å²) in [6, 6.07) is 2.44. The second-order valence-corrected chi connectivity index (χ2v) is 7.31. The normalized spacial score (nSPS) is 28.2. The number of aromatic nitrogens is 2. The van der Waals surface area contributed by atoms with Crippen LogP contribution in [0.25, 0.3) is 0 Å². The van der Waals surface area contributed by atoms with Gasteiger partial charge in [0.25, 0.3) is 0 Å². The van der Waals surface area contributed by atoms with Crippen LogP contribution in [0, 0.1) is 5.92 Å². The first-order valence-electron chi connectivity index (χ1n) is 9.59. The van der Waals surface area contributed by atoms with E-state index in [1.807, 2.05) is 12.3 Å². The number of ether oxygens (including phenoxy) is 2. The van der Waals surface area contributed by atoms with Crippen LogP contribution in [0.15, 0.2) is 12.3 Å². The molecule has 1 aromatic rings. The summed E-state index contributed by atoms with van der Waals surface area (Å²) in [4.78, 5) is 13.9. The first kappa shape index (κ1) is 17.0. The summed E-state index contributed by atoms with van der Waals surface area (Å²) in [7, 11) is 0. The van der Waals surface area contributed by atoms with E-state index >= 15 is 0 Å². The molecule has 0 radical (unpaired) electrons. The average Bonchev–Trinajstić information content (AvgIpc) is 3.10. The maximum atomic E-state index is 5.61. The van der Waals surface area contributed by atoms with E-state index in [0.717, 1.165) is 64.4 Å². The Bertz CT molecular complexity index is 546. The number of nitrogens with one attached hydrogen (secondary N) is 1. The van der Waals surface area contributed by atoms with Gasteiger partial charge in [-0.3, -0.25) is 0 Å². The Labute approximate surface area is 149 Å². The Hall–Kier alpha value is -1.44. The van der Waals surface area contributed by atoms with Gasteiger partial charge in [-0.2, -0.15) is 4.98 Å². The van der Waals surface area contributed by atoms with Gasteiger partial charge in [0.1, 0.15) is 5.82 Å². The van der Waals surface area contributed by atoms with E-state index in [2.05, 4.69) is 20.1 Å². The molecule has 2 atom stereocenters. The van der Waals surface area contributed by atoms with Crippen molar-refractivity contribution in [3.05, 3.63) is 12.3 Å². The van der Waals surface area contributed by atoms with Crippen molar-refractivity contribution >= 4 is 11.8 Å².